The Labute approximate surface area is 92.1 Å². The van der Waals surface area contributed by atoms with Crippen LogP contribution in [0.25, 0.3) is 0 Å². The summed E-state index contributed by atoms with van der Waals surface area (Å²) < 4.78 is 5.28. The molecule has 3 heteroatoms. The first-order valence-electron chi connectivity index (χ1n) is 5.65. The molecule has 0 radical (unpaired) electrons. The third-order valence-electron chi connectivity index (χ3n) is 2.73. The highest BCUT2D eigenvalue weighted by molar-refractivity contribution is 5.91. The molecule has 0 bridgehead atoms. The molecule has 0 N–H and O–H groups in total. The van der Waals surface area contributed by atoms with Crippen molar-refractivity contribution in [3.63, 3.8) is 0 Å². The van der Waals surface area contributed by atoms with Gasteiger partial charge in [-0.3, -0.25) is 9.69 Å². The van der Waals surface area contributed by atoms with Crippen LogP contribution in [-0.4, -0.2) is 43.0 Å². The first-order chi connectivity index (χ1) is 7.11. The zero-order valence-corrected chi connectivity index (χ0v) is 9.90. The predicted molar refractivity (Wildman–Crippen MR) is 60.8 cm³/mol. The van der Waals surface area contributed by atoms with Gasteiger partial charge in [0.2, 0.25) is 0 Å². The molecule has 0 aromatic heterocycles. The van der Waals surface area contributed by atoms with E-state index in [9.17, 15) is 4.79 Å². The van der Waals surface area contributed by atoms with Crippen LogP contribution < -0.4 is 0 Å². The van der Waals surface area contributed by atoms with Crippen LogP contribution in [0.3, 0.4) is 0 Å². The maximum Gasteiger partial charge on any atom is 0.157 e. The molecule has 1 fully saturated rings. The molecule has 1 atom stereocenters. The standard InChI is InChI=1S/C12H21NO2/c1-10(2)12(14)5-4-11(3)13-6-8-15-9-7-13/h4-5,10-11H,6-9H2,1-3H3/b5-4+. The van der Waals surface area contributed by atoms with E-state index >= 15 is 0 Å². The monoisotopic (exact) mass is 211 g/mol. The maximum atomic E-state index is 11.4. The summed E-state index contributed by atoms with van der Waals surface area (Å²) in [5.74, 6) is 0.299. The van der Waals surface area contributed by atoms with E-state index in [1.165, 1.54) is 0 Å². The number of morpholine rings is 1. The Bertz CT molecular complexity index is 230. The third-order valence-corrected chi connectivity index (χ3v) is 2.73. The first-order valence-corrected chi connectivity index (χ1v) is 5.65. The van der Waals surface area contributed by atoms with Gasteiger partial charge in [-0.1, -0.05) is 19.9 Å². The number of rotatable bonds is 4. The highest BCUT2D eigenvalue weighted by atomic mass is 16.5. The van der Waals surface area contributed by atoms with E-state index in [1.807, 2.05) is 19.9 Å². The molecule has 0 aromatic carbocycles. The van der Waals surface area contributed by atoms with E-state index in [1.54, 1.807) is 6.08 Å². The molecule has 86 valence electrons. The number of ketones is 1. The van der Waals surface area contributed by atoms with Crippen LogP contribution in [0.15, 0.2) is 12.2 Å². The van der Waals surface area contributed by atoms with Crippen molar-refractivity contribution in [1.82, 2.24) is 4.90 Å². The van der Waals surface area contributed by atoms with Gasteiger partial charge >= 0.3 is 0 Å². The Morgan fingerprint density at radius 2 is 1.87 bits per heavy atom. The van der Waals surface area contributed by atoms with Gasteiger partial charge in [0.15, 0.2) is 5.78 Å². The zero-order chi connectivity index (χ0) is 11.3. The predicted octanol–water partition coefficient (Wildman–Crippen LogP) is 1.49. The van der Waals surface area contributed by atoms with Gasteiger partial charge in [0, 0.05) is 25.0 Å². The molecule has 0 spiro atoms. The Balaban J connectivity index is 2.39. The number of nitrogens with zero attached hydrogens (tertiary/aromatic N) is 1. The van der Waals surface area contributed by atoms with Crippen molar-refractivity contribution in [2.24, 2.45) is 5.92 Å². The van der Waals surface area contributed by atoms with Crippen LogP contribution in [0.4, 0.5) is 0 Å². The summed E-state index contributed by atoms with van der Waals surface area (Å²) in [5.41, 5.74) is 0. The molecule has 1 rings (SSSR count). The van der Waals surface area contributed by atoms with Gasteiger partial charge < -0.3 is 4.74 Å². The highest BCUT2D eigenvalue weighted by Crippen LogP contribution is 2.05. The van der Waals surface area contributed by atoms with Crippen LogP contribution in [0, 0.1) is 5.92 Å². The Kier molecular flexibility index (Phi) is 4.99. The minimum atomic E-state index is 0.0955. The van der Waals surface area contributed by atoms with Crippen molar-refractivity contribution >= 4 is 5.78 Å². The van der Waals surface area contributed by atoms with Gasteiger partial charge in [0.1, 0.15) is 0 Å². The van der Waals surface area contributed by atoms with Crippen LogP contribution in [-0.2, 0) is 9.53 Å². The van der Waals surface area contributed by atoms with E-state index in [0.29, 0.717) is 6.04 Å². The van der Waals surface area contributed by atoms with E-state index in [2.05, 4.69) is 11.8 Å². The Morgan fingerprint density at radius 3 is 2.40 bits per heavy atom. The van der Waals surface area contributed by atoms with Crippen LogP contribution in [0.1, 0.15) is 20.8 Å². The quantitative estimate of drug-likeness (QED) is 0.660. The Hall–Kier alpha value is -0.670. The molecule has 0 aliphatic carbocycles. The van der Waals surface area contributed by atoms with Crippen molar-refractivity contribution in [3.05, 3.63) is 12.2 Å². The largest absolute Gasteiger partial charge is 0.379 e. The lowest BCUT2D eigenvalue weighted by Gasteiger charge is -2.30. The smallest absolute Gasteiger partial charge is 0.157 e. The van der Waals surface area contributed by atoms with Crippen molar-refractivity contribution in [2.45, 2.75) is 26.8 Å². The van der Waals surface area contributed by atoms with E-state index < -0.39 is 0 Å². The number of hydrogen-bond acceptors (Lipinski definition) is 3. The summed E-state index contributed by atoms with van der Waals surface area (Å²) in [4.78, 5) is 13.7. The topological polar surface area (TPSA) is 29.5 Å². The lowest BCUT2D eigenvalue weighted by molar-refractivity contribution is -0.117. The molecule has 0 saturated carbocycles. The fourth-order valence-electron chi connectivity index (χ4n) is 1.53. The van der Waals surface area contributed by atoms with Crippen molar-refractivity contribution in [3.8, 4) is 0 Å². The van der Waals surface area contributed by atoms with Gasteiger partial charge in [-0.2, -0.15) is 0 Å². The second-order valence-electron chi connectivity index (χ2n) is 4.31. The Morgan fingerprint density at radius 1 is 1.27 bits per heavy atom. The van der Waals surface area contributed by atoms with Gasteiger partial charge in [-0.25, -0.2) is 0 Å². The molecular formula is C12H21NO2. The molecule has 3 nitrogen and oxygen atoms in total. The minimum Gasteiger partial charge on any atom is -0.379 e. The average molecular weight is 211 g/mol. The summed E-state index contributed by atoms with van der Waals surface area (Å²) in [5, 5.41) is 0. The van der Waals surface area contributed by atoms with Crippen LogP contribution in [0.2, 0.25) is 0 Å². The molecule has 15 heavy (non-hydrogen) atoms. The fourth-order valence-corrected chi connectivity index (χ4v) is 1.53. The number of hydrogen-bond donors (Lipinski definition) is 0. The molecule has 1 aliphatic heterocycles. The number of carbonyl (C=O) groups excluding carboxylic acids is 1. The third kappa shape index (κ3) is 4.14. The highest BCUT2D eigenvalue weighted by Gasteiger charge is 2.14. The number of allylic oxidation sites excluding steroid dienone is 1. The van der Waals surface area contributed by atoms with Crippen molar-refractivity contribution in [1.29, 1.82) is 0 Å². The summed E-state index contributed by atoms with van der Waals surface area (Å²) >= 11 is 0. The first kappa shape index (κ1) is 12.4. The number of carbonyl (C=O) groups is 1. The minimum absolute atomic E-state index is 0.0955. The summed E-state index contributed by atoms with van der Waals surface area (Å²) in [6.45, 7) is 9.49. The summed E-state index contributed by atoms with van der Waals surface area (Å²) in [7, 11) is 0. The summed E-state index contributed by atoms with van der Waals surface area (Å²) in [6, 6.07) is 0.330. The second-order valence-corrected chi connectivity index (χ2v) is 4.31. The molecule has 1 unspecified atom stereocenters. The molecule has 1 heterocycles. The van der Waals surface area contributed by atoms with Crippen LogP contribution >= 0.6 is 0 Å². The second kappa shape index (κ2) is 6.03. The van der Waals surface area contributed by atoms with Gasteiger partial charge in [0.25, 0.3) is 0 Å². The van der Waals surface area contributed by atoms with Gasteiger partial charge in [-0.05, 0) is 13.0 Å². The normalized spacial score (nSPS) is 21.1. The lowest BCUT2D eigenvalue weighted by atomic mass is 10.1. The van der Waals surface area contributed by atoms with E-state index in [4.69, 9.17) is 4.74 Å². The molecule has 1 aliphatic rings. The molecular weight excluding hydrogens is 190 g/mol. The van der Waals surface area contributed by atoms with Gasteiger partial charge in [0.05, 0.1) is 13.2 Å². The average Bonchev–Trinajstić information content (AvgIpc) is 2.26. The van der Waals surface area contributed by atoms with Crippen molar-refractivity contribution < 1.29 is 9.53 Å². The molecule has 1 saturated heterocycles. The molecule has 0 amide bonds. The van der Waals surface area contributed by atoms with Crippen LogP contribution in [0.5, 0.6) is 0 Å². The zero-order valence-electron chi connectivity index (χ0n) is 9.90. The number of ether oxygens (including phenoxy) is 1. The summed E-state index contributed by atoms with van der Waals surface area (Å²) in [6.07, 6.45) is 3.71. The SMILES string of the molecule is CC(C)C(=O)/C=C/C(C)N1CCOCC1. The van der Waals surface area contributed by atoms with E-state index in [0.717, 1.165) is 26.3 Å². The lowest BCUT2D eigenvalue weighted by Crippen LogP contribution is -2.41. The maximum absolute atomic E-state index is 11.4. The van der Waals surface area contributed by atoms with Crippen molar-refractivity contribution in [2.75, 3.05) is 26.3 Å². The van der Waals surface area contributed by atoms with Gasteiger partial charge in [-0.15, -0.1) is 0 Å². The fraction of sp³-hybridized carbons (Fsp3) is 0.750. The molecule has 0 aromatic rings. The van der Waals surface area contributed by atoms with E-state index in [-0.39, 0.29) is 11.7 Å².